The van der Waals surface area contributed by atoms with Gasteiger partial charge in [0.2, 0.25) is 0 Å². The Labute approximate surface area is 98.0 Å². The number of aryl methyl sites for hydroxylation is 2. The molecule has 1 atom stereocenters. The number of hydrogen-bond acceptors (Lipinski definition) is 2. The fourth-order valence-electron chi connectivity index (χ4n) is 2.32. The van der Waals surface area contributed by atoms with Gasteiger partial charge in [-0.15, -0.1) is 0 Å². The van der Waals surface area contributed by atoms with Crippen molar-refractivity contribution in [2.45, 2.75) is 39.2 Å². The second-order valence-corrected chi connectivity index (χ2v) is 4.62. The summed E-state index contributed by atoms with van der Waals surface area (Å²) in [5.74, 6) is 0. The Balaban J connectivity index is 1.84. The first-order valence-corrected chi connectivity index (χ1v) is 6.19. The third-order valence-electron chi connectivity index (χ3n) is 3.27. The number of para-hydroxylation sites is 1. The van der Waals surface area contributed by atoms with Gasteiger partial charge >= 0.3 is 0 Å². The van der Waals surface area contributed by atoms with Crippen LogP contribution in [0.15, 0.2) is 18.2 Å². The molecular formula is C14H21NO. The standard InChI is InChI=1S/C14H21NO/c1-11-5-3-6-12(2)14(11)15-9-8-13-7-4-10-16-13/h3,5-6,13,15H,4,7-10H2,1-2H3. The maximum atomic E-state index is 5.61. The Hall–Kier alpha value is -1.02. The summed E-state index contributed by atoms with van der Waals surface area (Å²) in [6, 6.07) is 6.42. The normalized spacial score (nSPS) is 20.0. The van der Waals surface area contributed by atoms with Crippen molar-refractivity contribution in [3.8, 4) is 0 Å². The number of benzene rings is 1. The summed E-state index contributed by atoms with van der Waals surface area (Å²) in [5, 5.41) is 3.53. The van der Waals surface area contributed by atoms with Gasteiger partial charge in [-0.3, -0.25) is 0 Å². The lowest BCUT2D eigenvalue weighted by atomic mass is 10.1. The number of anilines is 1. The molecular weight excluding hydrogens is 198 g/mol. The molecule has 0 aliphatic carbocycles. The first-order chi connectivity index (χ1) is 7.77. The first kappa shape index (κ1) is 11.5. The molecule has 2 rings (SSSR count). The van der Waals surface area contributed by atoms with Gasteiger partial charge < -0.3 is 10.1 Å². The predicted octanol–water partition coefficient (Wildman–Crippen LogP) is 3.28. The van der Waals surface area contributed by atoms with Crippen LogP contribution in [0, 0.1) is 13.8 Å². The highest BCUT2D eigenvalue weighted by molar-refractivity contribution is 5.56. The van der Waals surface area contributed by atoms with Crippen molar-refractivity contribution in [2.75, 3.05) is 18.5 Å². The lowest BCUT2D eigenvalue weighted by Crippen LogP contribution is -2.13. The molecule has 2 heteroatoms. The average molecular weight is 219 g/mol. The van der Waals surface area contributed by atoms with Crippen molar-refractivity contribution in [3.05, 3.63) is 29.3 Å². The number of rotatable bonds is 4. The van der Waals surface area contributed by atoms with Gasteiger partial charge in [-0.1, -0.05) is 18.2 Å². The second kappa shape index (κ2) is 5.35. The molecule has 1 aromatic rings. The molecule has 88 valence electrons. The zero-order valence-electron chi connectivity index (χ0n) is 10.3. The van der Waals surface area contributed by atoms with E-state index in [2.05, 4.69) is 37.4 Å². The summed E-state index contributed by atoms with van der Waals surface area (Å²) in [7, 11) is 0. The molecule has 1 N–H and O–H groups in total. The molecule has 2 nitrogen and oxygen atoms in total. The van der Waals surface area contributed by atoms with Crippen molar-refractivity contribution in [1.29, 1.82) is 0 Å². The van der Waals surface area contributed by atoms with E-state index in [1.807, 2.05) is 0 Å². The summed E-state index contributed by atoms with van der Waals surface area (Å²) in [4.78, 5) is 0. The Morgan fingerprint density at radius 2 is 2.06 bits per heavy atom. The molecule has 1 saturated heterocycles. The van der Waals surface area contributed by atoms with Gasteiger partial charge in [0.05, 0.1) is 6.10 Å². The quantitative estimate of drug-likeness (QED) is 0.839. The fraction of sp³-hybridized carbons (Fsp3) is 0.571. The summed E-state index contributed by atoms with van der Waals surface area (Å²) in [6.07, 6.45) is 4.06. The van der Waals surface area contributed by atoms with E-state index in [0.29, 0.717) is 6.10 Å². The molecule has 0 bridgehead atoms. The van der Waals surface area contributed by atoms with Crippen molar-refractivity contribution < 1.29 is 4.74 Å². The van der Waals surface area contributed by atoms with Gasteiger partial charge in [0, 0.05) is 18.8 Å². The molecule has 1 aromatic carbocycles. The number of nitrogens with one attached hydrogen (secondary N) is 1. The SMILES string of the molecule is Cc1cccc(C)c1NCCC1CCCO1. The Morgan fingerprint density at radius 1 is 1.31 bits per heavy atom. The molecule has 1 unspecified atom stereocenters. The van der Waals surface area contributed by atoms with Crippen LogP contribution in [0.3, 0.4) is 0 Å². The van der Waals surface area contributed by atoms with Crippen LogP contribution < -0.4 is 5.32 Å². The van der Waals surface area contributed by atoms with E-state index in [9.17, 15) is 0 Å². The highest BCUT2D eigenvalue weighted by Crippen LogP contribution is 2.20. The topological polar surface area (TPSA) is 21.3 Å². The predicted molar refractivity (Wildman–Crippen MR) is 68.0 cm³/mol. The molecule has 0 amide bonds. The first-order valence-electron chi connectivity index (χ1n) is 6.19. The summed E-state index contributed by atoms with van der Waals surface area (Å²) >= 11 is 0. The average Bonchev–Trinajstić information content (AvgIpc) is 2.75. The maximum absolute atomic E-state index is 5.61. The van der Waals surface area contributed by atoms with Crippen molar-refractivity contribution >= 4 is 5.69 Å². The highest BCUT2D eigenvalue weighted by Gasteiger charge is 2.14. The van der Waals surface area contributed by atoms with Crippen LogP contribution in [-0.4, -0.2) is 19.3 Å². The van der Waals surface area contributed by atoms with Crippen LogP contribution in [0.25, 0.3) is 0 Å². The van der Waals surface area contributed by atoms with Crippen LogP contribution in [0.5, 0.6) is 0 Å². The van der Waals surface area contributed by atoms with E-state index >= 15 is 0 Å². The third-order valence-corrected chi connectivity index (χ3v) is 3.27. The van der Waals surface area contributed by atoms with Crippen LogP contribution in [0.1, 0.15) is 30.4 Å². The minimum atomic E-state index is 0.483. The van der Waals surface area contributed by atoms with Gasteiger partial charge in [0.1, 0.15) is 0 Å². The van der Waals surface area contributed by atoms with Gasteiger partial charge in [-0.05, 0) is 44.2 Å². The van der Waals surface area contributed by atoms with Crippen molar-refractivity contribution in [1.82, 2.24) is 0 Å². The smallest absolute Gasteiger partial charge is 0.0592 e. The third kappa shape index (κ3) is 2.76. The molecule has 16 heavy (non-hydrogen) atoms. The van der Waals surface area contributed by atoms with E-state index in [1.54, 1.807) is 0 Å². The Kier molecular flexibility index (Phi) is 3.83. The molecule has 1 aliphatic heterocycles. The number of hydrogen-bond donors (Lipinski definition) is 1. The summed E-state index contributed by atoms with van der Waals surface area (Å²) in [5.41, 5.74) is 3.94. The maximum Gasteiger partial charge on any atom is 0.0592 e. The lowest BCUT2D eigenvalue weighted by Gasteiger charge is -2.14. The van der Waals surface area contributed by atoms with Crippen molar-refractivity contribution in [3.63, 3.8) is 0 Å². The molecule has 1 fully saturated rings. The van der Waals surface area contributed by atoms with E-state index < -0.39 is 0 Å². The van der Waals surface area contributed by atoms with E-state index in [0.717, 1.165) is 19.6 Å². The Bertz CT molecular complexity index is 322. The Morgan fingerprint density at radius 3 is 2.69 bits per heavy atom. The lowest BCUT2D eigenvalue weighted by molar-refractivity contribution is 0.107. The van der Waals surface area contributed by atoms with Crippen LogP contribution in [-0.2, 0) is 4.74 Å². The van der Waals surface area contributed by atoms with E-state index in [4.69, 9.17) is 4.74 Å². The fourth-order valence-corrected chi connectivity index (χ4v) is 2.32. The second-order valence-electron chi connectivity index (χ2n) is 4.62. The number of ether oxygens (including phenoxy) is 1. The zero-order valence-corrected chi connectivity index (χ0v) is 10.3. The van der Waals surface area contributed by atoms with Crippen molar-refractivity contribution in [2.24, 2.45) is 0 Å². The zero-order chi connectivity index (χ0) is 11.4. The van der Waals surface area contributed by atoms with E-state index in [1.165, 1.54) is 29.7 Å². The molecule has 0 spiro atoms. The van der Waals surface area contributed by atoms with E-state index in [-0.39, 0.29) is 0 Å². The van der Waals surface area contributed by atoms with Gasteiger partial charge in [0.25, 0.3) is 0 Å². The highest BCUT2D eigenvalue weighted by atomic mass is 16.5. The molecule has 1 heterocycles. The van der Waals surface area contributed by atoms with Crippen LogP contribution in [0.2, 0.25) is 0 Å². The summed E-state index contributed by atoms with van der Waals surface area (Å²) in [6.45, 7) is 6.27. The molecule has 0 aromatic heterocycles. The molecule has 1 aliphatic rings. The largest absolute Gasteiger partial charge is 0.385 e. The van der Waals surface area contributed by atoms with Crippen LogP contribution >= 0.6 is 0 Å². The molecule has 0 radical (unpaired) electrons. The van der Waals surface area contributed by atoms with Gasteiger partial charge in [-0.2, -0.15) is 0 Å². The van der Waals surface area contributed by atoms with Gasteiger partial charge in [-0.25, -0.2) is 0 Å². The molecule has 0 saturated carbocycles. The van der Waals surface area contributed by atoms with Gasteiger partial charge in [0.15, 0.2) is 0 Å². The summed E-state index contributed by atoms with van der Waals surface area (Å²) < 4.78 is 5.61. The van der Waals surface area contributed by atoms with Crippen LogP contribution in [0.4, 0.5) is 5.69 Å². The minimum Gasteiger partial charge on any atom is -0.385 e. The monoisotopic (exact) mass is 219 g/mol. The minimum absolute atomic E-state index is 0.483.